The number of pyridine rings is 1. The second-order valence-corrected chi connectivity index (χ2v) is 4.47. The largest absolute Gasteiger partial charge is 0.493 e. The van der Waals surface area contributed by atoms with Gasteiger partial charge in [-0.2, -0.15) is 0 Å². The Hall–Kier alpha value is -2.82. The molecule has 0 aliphatic rings. The van der Waals surface area contributed by atoms with Gasteiger partial charge in [0.1, 0.15) is 5.69 Å². The molecule has 1 aromatic carbocycles. The standard InChI is InChI=1S/C16H14N2O3/c1-20-14-9-11-6-8-18(13(11)10-15(14)21-2)16(19)12-5-3-4-7-17-12/h3-10H,1-2H3. The van der Waals surface area contributed by atoms with Gasteiger partial charge in [0.05, 0.1) is 19.7 Å². The quantitative estimate of drug-likeness (QED) is 0.741. The summed E-state index contributed by atoms with van der Waals surface area (Å²) in [7, 11) is 3.15. The van der Waals surface area contributed by atoms with Gasteiger partial charge in [-0.25, -0.2) is 0 Å². The zero-order chi connectivity index (χ0) is 14.8. The van der Waals surface area contributed by atoms with Crippen LogP contribution in [0.25, 0.3) is 10.9 Å². The Morgan fingerprint density at radius 1 is 1.10 bits per heavy atom. The molecule has 0 aliphatic heterocycles. The molecule has 0 unspecified atom stereocenters. The van der Waals surface area contributed by atoms with E-state index in [2.05, 4.69) is 4.98 Å². The van der Waals surface area contributed by atoms with Gasteiger partial charge in [0.2, 0.25) is 0 Å². The van der Waals surface area contributed by atoms with E-state index >= 15 is 0 Å². The second-order valence-electron chi connectivity index (χ2n) is 4.47. The lowest BCUT2D eigenvalue weighted by Gasteiger charge is -2.09. The van der Waals surface area contributed by atoms with E-state index in [1.807, 2.05) is 12.1 Å². The van der Waals surface area contributed by atoms with Crippen LogP contribution in [0.2, 0.25) is 0 Å². The van der Waals surface area contributed by atoms with E-state index in [4.69, 9.17) is 9.47 Å². The minimum Gasteiger partial charge on any atom is -0.493 e. The van der Waals surface area contributed by atoms with E-state index in [1.165, 1.54) is 0 Å². The number of hydrogen-bond acceptors (Lipinski definition) is 4. The number of ether oxygens (including phenoxy) is 2. The fourth-order valence-electron chi connectivity index (χ4n) is 2.25. The molecule has 0 N–H and O–H groups in total. The smallest absolute Gasteiger partial charge is 0.280 e. The predicted octanol–water partition coefficient (Wildman–Crippen LogP) is 2.74. The van der Waals surface area contributed by atoms with Crippen LogP contribution in [0.1, 0.15) is 10.5 Å². The summed E-state index contributed by atoms with van der Waals surface area (Å²) in [6.07, 6.45) is 3.32. The molecule has 0 saturated heterocycles. The van der Waals surface area contributed by atoms with Crippen molar-refractivity contribution in [3.05, 3.63) is 54.5 Å². The molecule has 2 heterocycles. The number of carbonyl (C=O) groups excluding carboxylic acids is 1. The van der Waals surface area contributed by atoms with Crippen molar-refractivity contribution in [2.24, 2.45) is 0 Å². The van der Waals surface area contributed by atoms with Crippen LogP contribution in [-0.4, -0.2) is 29.7 Å². The molecule has 21 heavy (non-hydrogen) atoms. The first-order chi connectivity index (χ1) is 10.2. The van der Waals surface area contributed by atoms with Crippen LogP contribution in [0, 0.1) is 0 Å². The van der Waals surface area contributed by atoms with Crippen LogP contribution >= 0.6 is 0 Å². The van der Waals surface area contributed by atoms with E-state index in [0.717, 1.165) is 10.9 Å². The van der Waals surface area contributed by atoms with Crippen molar-refractivity contribution in [3.8, 4) is 11.5 Å². The van der Waals surface area contributed by atoms with Gasteiger partial charge in [-0.15, -0.1) is 0 Å². The summed E-state index contributed by atoms with van der Waals surface area (Å²) in [5.41, 5.74) is 1.15. The lowest BCUT2D eigenvalue weighted by atomic mass is 10.2. The lowest BCUT2D eigenvalue weighted by Crippen LogP contribution is -2.12. The second kappa shape index (κ2) is 5.28. The zero-order valence-electron chi connectivity index (χ0n) is 11.7. The third kappa shape index (κ3) is 2.23. The van der Waals surface area contributed by atoms with Gasteiger partial charge in [0, 0.05) is 23.8 Å². The summed E-state index contributed by atoms with van der Waals surface area (Å²) in [6, 6.07) is 10.7. The first-order valence-corrected chi connectivity index (χ1v) is 6.43. The summed E-state index contributed by atoms with van der Waals surface area (Å²) in [5, 5.41) is 0.900. The summed E-state index contributed by atoms with van der Waals surface area (Å²) in [4.78, 5) is 16.6. The molecule has 3 aromatic rings. The number of fused-ring (bicyclic) bond motifs is 1. The van der Waals surface area contributed by atoms with E-state index in [1.54, 1.807) is 55.4 Å². The number of hydrogen-bond donors (Lipinski definition) is 0. The molecule has 5 heteroatoms. The summed E-state index contributed by atoms with van der Waals surface area (Å²) in [6.45, 7) is 0. The van der Waals surface area contributed by atoms with Gasteiger partial charge >= 0.3 is 0 Å². The van der Waals surface area contributed by atoms with Crippen LogP contribution in [0.5, 0.6) is 11.5 Å². The molecule has 0 bridgehead atoms. The monoisotopic (exact) mass is 282 g/mol. The average molecular weight is 282 g/mol. The number of nitrogens with zero attached hydrogens (tertiary/aromatic N) is 2. The Balaban J connectivity index is 2.14. The van der Waals surface area contributed by atoms with Crippen LogP contribution in [0.4, 0.5) is 0 Å². The van der Waals surface area contributed by atoms with Crippen molar-refractivity contribution < 1.29 is 14.3 Å². The molecular formula is C16H14N2O3. The molecule has 2 aromatic heterocycles. The van der Waals surface area contributed by atoms with Gasteiger partial charge in [-0.05, 0) is 24.3 Å². The number of aromatic nitrogens is 2. The van der Waals surface area contributed by atoms with Crippen molar-refractivity contribution in [1.82, 2.24) is 9.55 Å². The molecule has 0 amide bonds. The predicted molar refractivity (Wildman–Crippen MR) is 79.0 cm³/mol. The van der Waals surface area contributed by atoms with E-state index in [9.17, 15) is 4.79 Å². The normalized spacial score (nSPS) is 10.6. The molecular weight excluding hydrogens is 268 g/mol. The number of carbonyl (C=O) groups is 1. The summed E-state index contributed by atoms with van der Waals surface area (Å²) < 4.78 is 12.1. The zero-order valence-corrected chi connectivity index (χ0v) is 11.7. The Morgan fingerprint density at radius 2 is 1.86 bits per heavy atom. The molecule has 0 fully saturated rings. The molecule has 5 nitrogen and oxygen atoms in total. The Labute approximate surface area is 121 Å². The van der Waals surface area contributed by atoms with Gasteiger partial charge in [-0.3, -0.25) is 14.3 Å². The highest BCUT2D eigenvalue weighted by molar-refractivity contribution is 6.01. The molecule has 3 rings (SSSR count). The highest BCUT2D eigenvalue weighted by atomic mass is 16.5. The topological polar surface area (TPSA) is 53.4 Å². The Bertz CT molecular complexity index is 794. The van der Waals surface area contributed by atoms with Crippen molar-refractivity contribution in [2.75, 3.05) is 14.2 Å². The molecule has 0 spiro atoms. The molecule has 106 valence electrons. The highest BCUT2D eigenvalue weighted by Crippen LogP contribution is 2.32. The fourth-order valence-corrected chi connectivity index (χ4v) is 2.25. The fraction of sp³-hybridized carbons (Fsp3) is 0.125. The Kier molecular flexibility index (Phi) is 3.31. The van der Waals surface area contributed by atoms with Crippen molar-refractivity contribution >= 4 is 16.8 Å². The molecule has 0 saturated carbocycles. The maximum atomic E-state index is 12.5. The first-order valence-electron chi connectivity index (χ1n) is 6.43. The van der Waals surface area contributed by atoms with Crippen LogP contribution in [0.15, 0.2) is 48.8 Å². The third-order valence-corrected chi connectivity index (χ3v) is 3.30. The number of methoxy groups -OCH3 is 2. The maximum Gasteiger partial charge on any atom is 0.280 e. The first kappa shape index (κ1) is 13.2. The number of rotatable bonds is 3. The van der Waals surface area contributed by atoms with Gasteiger partial charge < -0.3 is 9.47 Å². The van der Waals surface area contributed by atoms with Crippen molar-refractivity contribution in [1.29, 1.82) is 0 Å². The maximum absolute atomic E-state index is 12.5. The lowest BCUT2D eigenvalue weighted by molar-refractivity contribution is 0.0960. The highest BCUT2D eigenvalue weighted by Gasteiger charge is 2.15. The van der Waals surface area contributed by atoms with E-state index in [0.29, 0.717) is 17.2 Å². The van der Waals surface area contributed by atoms with E-state index < -0.39 is 0 Å². The van der Waals surface area contributed by atoms with E-state index in [-0.39, 0.29) is 5.91 Å². The van der Waals surface area contributed by atoms with Crippen LogP contribution in [0.3, 0.4) is 0 Å². The van der Waals surface area contributed by atoms with Crippen molar-refractivity contribution in [2.45, 2.75) is 0 Å². The third-order valence-electron chi connectivity index (χ3n) is 3.30. The van der Waals surface area contributed by atoms with Gasteiger partial charge in [0.25, 0.3) is 5.91 Å². The minimum atomic E-state index is -0.183. The van der Waals surface area contributed by atoms with Crippen LogP contribution in [-0.2, 0) is 0 Å². The Morgan fingerprint density at radius 3 is 2.52 bits per heavy atom. The van der Waals surface area contributed by atoms with Crippen molar-refractivity contribution in [3.63, 3.8) is 0 Å². The van der Waals surface area contributed by atoms with Gasteiger partial charge in [0.15, 0.2) is 11.5 Å². The minimum absolute atomic E-state index is 0.183. The molecule has 0 radical (unpaired) electrons. The summed E-state index contributed by atoms with van der Waals surface area (Å²) >= 11 is 0. The van der Waals surface area contributed by atoms with Crippen LogP contribution < -0.4 is 9.47 Å². The van der Waals surface area contributed by atoms with Gasteiger partial charge in [-0.1, -0.05) is 6.07 Å². The summed E-state index contributed by atoms with van der Waals surface area (Å²) in [5.74, 6) is 1.03. The molecule has 0 aliphatic carbocycles. The number of benzene rings is 1. The average Bonchev–Trinajstić information content (AvgIpc) is 2.96. The molecule has 0 atom stereocenters. The SMILES string of the molecule is COc1cc2ccn(C(=O)c3ccccn3)c2cc1OC.